The number of thiophene rings is 1. The van der Waals surface area contributed by atoms with Crippen molar-refractivity contribution in [2.75, 3.05) is 32.7 Å². The Bertz CT molecular complexity index is 702. The van der Waals surface area contributed by atoms with Gasteiger partial charge in [0, 0.05) is 24.2 Å². The van der Waals surface area contributed by atoms with Gasteiger partial charge in [0.2, 0.25) is 0 Å². The van der Waals surface area contributed by atoms with Crippen molar-refractivity contribution in [2.24, 2.45) is 4.99 Å². The highest BCUT2D eigenvalue weighted by atomic mass is 127. The van der Waals surface area contributed by atoms with Gasteiger partial charge in [0.1, 0.15) is 5.15 Å². The number of likely N-dealkylation sites (tertiary alicyclic amines) is 1. The summed E-state index contributed by atoms with van der Waals surface area (Å²) >= 11 is 7.68. The van der Waals surface area contributed by atoms with E-state index in [0.29, 0.717) is 11.2 Å². The number of halogens is 2. The lowest BCUT2D eigenvalue weighted by atomic mass is 10.2. The van der Waals surface area contributed by atoms with Crippen LogP contribution in [-0.4, -0.2) is 48.6 Å². The minimum atomic E-state index is 0. The number of aromatic nitrogens is 1. The fraction of sp³-hybridized carbons (Fsp3) is 0.500. The van der Waals surface area contributed by atoms with Gasteiger partial charge in [-0.05, 0) is 62.4 Å². The summed E-state index contributed by atoms with van der Waals surface area (Å²) in [5, 5.41) is 9.48. The summed E-state index contributed by atoms with van der Waals surface area (Å²) in [7, 11) is 0. The molecule has 154 valence electrons. The molecule has 0 amide bonds. The molecule has 5 nitrogen and oxygen atoms in total. The zero-order valence-electron chi connectivity index (χ0n) is 16.2. The van der Waals surface area contributed by atoms with Crippen LogP contribution in [0.2, 0.25) is 5.15 Å². The molecule has 1 aliphatic rings. The lowest BCUT2D eigenvalue weighted by Crippen LogP contribution is -2.39. The molecule has 2 aromatic heterocycles. The molecule has 3 heterocycles. The first-order chi connectivity index (χ1) is 13.3. The smallest absolute Gasteiger partial charge is 0.191 e. The minimum Gasteiger partial charge on any atom is -0.357 e. The van der Waals surface area contributed by atoms with E-state index < -0.39 is 0 Å². The Morgan fingerprint density at radius 2 is 2.11 bits per heavy atom. The number of guanidine groups is 1. The zero-order valence-corrected chi connectivity index (χ0v) is 20.1. The Labute approximate surface area is 194 Å². The average Bonchev–Trinajstić information content (AvgIpc) is 3.38. The highest BCUT2D eigenvalue weighted by Gasteiger charge is 2.24. The van der Waals surface area contributed by atoms with Gasteiger partial charge in [-0.1, -0.05) is 23.7 Å². The molecule has 0 spiro atoms. The second kappa shape index (κ2) is 12.6. The molecule has 1 unspecified atom stereocenters. The van der Waals surface area contributed by atoms with Crippen molar-refractivity contribution in [3.8, 4) is 0 Å². The minimum absolute atomic E-state index is 0. The van der Waals surface area contributed by atoms with Gasteiger partial charge in [-0.3, -0.25) is 9.89 Å². The Hall–Kier alpha value is -0.900. The summed E-state index contributed by atoms with van der Waals surface area (Å²) < 4.78 is 0. The number of pyridine rings is 1. The Morgan fingerprint density at radius 1 is 1.29 bits per heavy atom. The van der Waals surface area contributed by atoms with Crippen LogP contribution >= 0.6 is 46.9 Å². The number of nitrogens with zero attached hydrogens (tertiary/aromatic N) is 3. The monoisotopic (exact) mass is 533 g/mol. The Kier molecular flexibility index (Phi) is 10.5. The van der Waals surface area contributed by atoms with Crippen LogP contribution in [0, 0.1) is 0 Å². The molecular formula is C20H29ClIN5S. The fourth-order valence-corrected chi connectivity index (χ4v) is 4.28. The van der Waals surface area contributed by atoms with Crippen LogP contribution in [0.5, 0.6) is 0 Å². The molecule has 0 saturated carbocycles. The zero-order chi connectivity index (χ0) is 18.9. The van der Waals surface area contributed by atoms with Crippen molar-refractivity contribution in [2.45, 2.75) is 32.2 Å². The summed E-state index contributed by atoms with van der Waals surface area (Å²) in [6.45, 7) is 6.87. The van der Waals surface area contributed by atoms with E-state index in [1.165, 1.54) is 30.8 Å². The number of rotatable bonds is 8. The van der Waals surface area contributed by atoms with Gasteiger partial charge in [-0.25, -0.2) is 4.98 Å². The average molecular weight is 534 g/mol. The third-order valence-electron chi connectivity index (χ3n) is 4.71. The first-order valence-electron chi connectivity index (χ1n) is 9.66. The van der Waals surface area contributed by atoms with E-state index in [1.54, 1.807) is 0 Å². The molecule has 0 radical (unpaired) electrons. The molecular weight excluding hydrogens is 505 g/mol. The van der Waals surface area contributed by atoms with Crippen LogP contribution in [0.4, 0.5) is 0 Å². The molecule has 1 saturated heterocycles. The van der Waals surface area contributed by atoms with Crippen LogP contribution in [-0.2, 0) is 6.42 Å². The van der Waals surface area contributed by atoms with Crippen molar-refractivity contribution < 1.29 is 0 Å². The van der Waals surface area contributed by atoms with Crippen LogP contribution in [0.15, 0.2) is 40.8 Å². The lowest BCUT2D eigenvalue weighted by molar-refractivity contribution is 0.255. The standard InChI is InChI=1S/C20H28ClN5S.HI/c1-2-22-20(23-10-9-16-7-8-19(21)24-14-16)25-15-17(18-6-5-13-27-18)26-11-3-4-12-26;/h5-8,13-14,17H,2-4,9-12,15H2,1H3,(H2,22,23,25);1H. The molecule has 1 atom stereocenters. The quantitative estimate of drug-likeness (QED) is 0.229. The van der Waals surface area contributed by atoms with Gasteiger partial charge >= 0.3 is 0 Å². The van der Waals surface area contributed by atoms with Crippen LogP contribution in [0.1, 0.15) is 36.2 Å². The van der Waals surface area contributed by atoms with Gasteiger partial charge in [0.15, 0.2) is 5.96 Å². The third-order valence-corrected chi connectivity index (χ3v) is 5.91. The fourth-order valence-electron chi connectivity index (χ4n) is 3.32. The molecule has 0 aromatic carbocycles. The van der Waals surface area contributed by atoms with Crippen molar-refractivity contribution >= 4 is 52.9 Å². The molecule has 1 aliphatic heterocycles. The van der Waals surface area contributed by atoms with Gasteiger partial charge in [-0.2, -0.15) is 0 Å². The van der Waals surface area contributed by atoms with Gasteiger partial charge in [0.25, 0.3) is 0 Å². The van der Waals surface area contributed by atoms with Crippen molar-refractivity contribution in [3.63, 3.8) is 0 Å². The van der Waals surface area contributed by atoms with Crippen molar-refractivity contribution in [1.82, 2.24) is 20.5 Å². The predicted octanol–water partition coefficient (Wildman–Crippen LogP) is 4.35. The van der Waals surface area contributed by atoms with Crippen LogP contribution in [0.25, 0.3) is 0 Å². The van der Waals surface area contributed by atoms with E-state index in [2.05, 4.69) is 45.0 Å². The molecule has 8 heteroatoms. The second-order valence-electron chi connectivity index (χ2n) is 6.66. The molecule has 0 aliphatic carbocycles. The number of hydrogen-bond acceptors (Lipinski definition) is 4. The van der Waals surface area contributed by atoms with E-state index in [-0.39, 0.29) is 24.0 Å². The maximum absolute atomic E-state index is 5.85. The highest BCUT2D eigenvalue weighted by molar-refractivity contribution is 14.0. The summed E-state index contributed by atoms with van der Waals surface area (Å²) in [5.74, 6) is 0.875. The molecule has 2 N–H and O–H groups in total. The highest BCUT2D eigenvalue weighted by Crippen LogP contribution is 2.28. The first-order valence-corrected chi connectivity index (χ1v) is 10.9. The van der Waals surface area contributed by atoms with Gasteiger partial charge < -0.3 is 10.6 Å². The van der Waals surface area contributed by atoms with E-state index in [4.69, 9.17) is 16.6 Å². The lowest BCUT2D eigenvalue weighted by Gasteiger charge is -2.25. The Balaban J connectivity index is 0.00000280. The maximum atomic E-state index is 5.85. The molecule has 3 rings (SSSR count). The van der Waals surface area contributed by atoms with E-state index in [1.807, 2.05) is 29.7 Å². The number of hydrogen-bond donors (Lipinski definition) is 2. The molecule has 1 fully saturated rings. The predicted molar refractivity (Wildman–Crippen MR) is 130 cm³/mol. The normalized spacial score (nSPS) is 15.9. The maximum Gasteiger partial charge on any atom is 0.191 e. The first kappa shape index (κ1) is 23.4. The van der Waals surface area contributed by atoms with Gasteiger partial charge in [0.05, 0.1) is 12.6 Å². The van der Waals surface area contributed by atoms with E-state index in [9.17, 15) is 0 Å². The second-order valence-corrected chi connectivity index (χ2v) is 8.03. The number of aliphatic imine (C=N–C) groups is 1. The topological polar surface area (TPSA) is 52.6 Å². The molecule has 2 aromatic rings. The van der Waals surface area contributed by atoms with E-state index >= 15 is 0 Å². The number of nitrogens with one attached hydrogen (secondary N) is 2. The summed E-state index contributed by atoms with van der Waals surface area (Å²) in [6, 6.07) is 8.59. The largest absolute Gasteiger partial charge is 0.357 e. The summed E-state index contributed by atoms with van der Waals surface area (Å²) in [5.41, 5.74) is 1.16. The summed E-state index contributed by atoms with van der Waals surface area (Å²) in [4.78, 5) is 13.0. The van der Waals surface area contributed by atoms with Crippen molar-refractivity contribution in [3.05, 3.63) is 51.4 Å². The summed E-state index contributed by atoms with van der Waals surface area (Å²) in [6.07, 6.45) is 5.29. The molecule has 0 bridgehead atoms. The SMILES string of the molecule is CCNC(=NCC(c1cccs1)N1CCCC1)NCCc1ccc(Cl)nc1.I. The van der Waals surface area contributed by atoms with Crippen LogP contribution in [0.3, 0.4) is 0 Å². The Morgan fingerprint density at radius 3 is 2.75 bits per heavy atom. The van der Waals surface area contributed by atoms with Gasteiger partial charge in [-0.15, -0.1) is 35.3 Å². The molecule has 28 heavy (non-hydrogen) atoms. The van der Waals surface area contributed by atoms with Crippen molar-refractivity contribution in [1.29, 1.82) is 0 Å². The third kappa shape index (κ3) is 7.17. The van der Waals surface area contributed by atoms with E-state index in [0.717, 1.165) is 37.6 Å². The van der Waals surface area contributed by atoms with Crippen LogP contribution < -0.4 is 10.6 Å².